The molecule has 0 saturated carbocycles. The summed E-state index contributed by atoms with van der Waals surface area (Å²) in [4.78, 5) is 4.07. The van der Waals surface area contributed by atoms with Crippen LogP contribution in [0.25, 0.3) is 0 Å². The molecule has 2 N–H and O–H groups in total. The van der Waals surface area contributed by atoms with Crippen LogP contribution in [0.3, 0.4) is 0 Å². The van der Waals surface area contributed by atoms with E-state index in [1.165, 1.54) is 12.3 Å². The molecule has 0 aliphatic heterocycles. The number of hydrogen-bond acceptors (Lipinski definition) is 3. The van der Waals surface area contributed by atoms with Gasteiger partial charge in [0.1, 0.15) is 15.7 Å². The SMILES string of the molecule is CN=C(NCCc1c(F)cccc1Cl)NC(C)CCS(C)(=O)=O.I. The minimum absolute atomic E-state index is 0. The number of guanidine groups is 1. The van der Waals surface area contributed by atoms with Gasteiger partial charge in [-0.2, -0.15) is 0 Å². The molecule has 0 spiro atoms. The van der Waals surface area contributed by atoms with E-state index in [0.717, 1.165) is 0 Å². The first-order valence-corrected chi connectivity index (χ1v) is 9.74. The molecule has 0 fully saturated rings. The van der Waals surface area contributed by atoms with Gasteiger partial charge in [0, 0.05) is 36.5 Å². The normalized spacial score (nSPS) is 13.1. The maximum atomic E-state index is 13.7. The molecule has 0 saturated heterocycles. The Labute approximate surface area is 165 Å². The lowest BCUT2D eigenvalue weighted by atomic mass is 10.1. The van der Waals surface area contributed by atoms with Gasteiger partial charge in [0.25, 0.3) is 0 Å². The fraction of sp³-hybridized carbons (Fsp3) is 0.533. The standard InChI is InChI=1S/C15H23ClFN3O2S.HI/c1-11(8-10-23(3,21)22)20-15(18-2)19-9-7-12-13(16)5-4-6-14(12)17;/h4-6,11H,7-10H2,1-3H3,(H2,18,19,20);1H. The molecule has 138 valence electrons. The Bertz CT molecular complexity index is 636. The van der Waals surface area contributed by atoms with Crippen LogP contribution in [-0.4, -0.2) is 46.0 Å². The Balaban J connectivity index is 0.00000529. The summed E-state index contributed by atoms with van der Waals surface area (Å²) in [6, 6.07) is 4.55. The molecule has 0 radical (unpaired) electrons. The van der Waals surface area contributed by atoms with E-state index in [9.17, 15) is 12.8 Å². The van der Waals surface area contributed by atoms with Crippen molar-refractivity contribution in [3.8, 4) is 0 Å². The molecule has 9 heteroatoms. The molecule has 0 aromatic heterocycles. The van der Waals surface area contributed by atoms with Gasteiger partial charge in [0.05, 0.1) is 5.75 Å². The van der Waals surface area contributed by atoms with E-state index < -0.39 is 9.84 Å². The van der Waals surface area contributed by atoms with Gasteiger partial charge in [-0.3, -0.25) is 4.99 Å². The lowest BCUT2D eigenvalue weighted by Gasteiger charge is -2.17. The summed E-state index contributed by atoms with van der Waals surface area (Å²) in [5.74, 6) is 0.324. The molecule has 1 aromatic rings. The summed E-state index contributed by atoms with van der Waals surface area (Å²) in [6.07, 6.45) is 2.12. The molecular formula is C15H24ClFIN3O2S. The Morgan fingerprint density at radius 2 is 2.08 bits per heavy atom. The molecule has 0 aliphatic rings. The summed E-state index contributed by atoms with van der Waals surface area (Å²) in [5, 5.41) is 6.57. The molecule has 0 heterocycles. The van der Waals surface area contributed by atoms with Crippen LogP contribution in [0.4, 0.5) is 4.39 Å². The van der Waals surface area contributed by atoms with E-state index in [1.54, 1.807) is 19.2 Å². The van der Waals surface area contributed by atoms with Crippen LogP contribution in [0.1, 0.15) is 18.9 Å². The molecular weight excluding hydrogens is 468 g/mol. The quantitative estimate of drug-likeness (QED) is 0.349. The van der Waals surface area contributed by atoms with E-state index in [2.05, 4.69) is 15.6 Å². The number of hydrogen-bond donors (Lipinski definition) is 2. The van der Waals surface area contributed by atoms with E-state index in [4.69, 9.17) is 11.6 Å². The number of benzene rings is 1. The van der Waals surface area contributed by atoms with Crippen LogP contribution < -0.4 is 10.6 Å². The highest BCUT2D eigenvalue weighted by molar-refractivity contribution is 14.0. The summed E-state index contributed by atoms with van der Waals surface area (Å²) in [5.41, 5.74) is 0.460. The third kappa shape index (κ3) is 9.03. The number of nitrogens with one attached hydrogen (secondary N) is 2. The average molecular weight is 492 g/mol. The summed E-state index contributed by atoms with van der Waals surface area (Å²) >= 11 is 5.98. The van der Waals surface area contributed by atoms with Crippen molar-refractivity contribution in [1.29, 1.82) is 0 Å². The number of aliphatic imine (C=N–C) groups is 1. The Kier molecular flexibility index (Phi) is 10.8. The van der Waals surface area contributed by atoms with E-state index in [1.807, 2.05) is 6.92 Å². The second-order valence-corrected chi connectivity index (χ2v) is 8.08. The molecule has 1 unspecified atom stereocenters. The van der Waals surface area contributed by atoms with Crippen molar-refractivity contribution in [3.05, 3.63) is 34.6 Å². The highest BCUT2D eigenvalue weighted by Gasteiger charge is 2.10. The number of halogens is 3. The molecule has 1 rings (SSSR count). The van der Waals surface area contributed by atoms with Gasteiger partial charge in [0.2, 0.25) is 0 Å². The number of sulfone groups is 1. The second kappa shape index (κ2) is 11.1. The van der Waals surface area contributed by atoms with Gasteiger partial charge in [-0.1, -0.05) is 17.7 Å². The maximum absolute atomic E-state index is 13.7. The van der Waals surface area contributed by atoms with Crippen LogP contribution in [0, 0.1) is 5.82 Å². The van der Waals surface area contributed by atoms with Crippen LogP contribution in [0.15, 0.2) is 23.2 Å². The molecule has 0 bridgehead atoms. The lowest BCUT2D eigenvalue weighted by molar-refractivity contribution is 0.580. The smallest absolute Gasteiger partial charge is 0.191 e. The summed E-state index contributed by atoms with van der Waals surface area (Å²) in [7, 11) is -1.36. The van der Waals surface area contributed by atoms with Gasteiger partial charge < -0.3 is 10.6 Å². The largest absolute Gasteiger partial charge is 0.356 e. The predicted octanol–water partition coefficient (Wildman–Crippen LogP) is 2.63. The Hall–Kier alpha value is -0.610. The molecule has 5 nitrogen and oxygen atoms in total. The van der Waals surface area contributed by atoms with Crippen molar-refractivity contribution in [2.24, 2.45) is 4.99 Å². The Morgan fingerprint density at radius 3 is 2.62 bits per heavy atom. The van der Waals surface area contributed by atoms with Crippen molar-refractivity contribution in [1.82, 2.24) is 10.6 Å². The van der Waals surface area contributed by atoms with Gasteiger partial charge in [-0.15, -0.1) is 24.0 Å². The first kappa shape index (κ1) is 23.4. The third-order valence-electron chi connectivity index (χ3n) is 3.26. The minimum Gasteiger partial charge on any atom is -0.356 e. The van der Waals surface area contributed by atoms with E-state index in [0.29, 0.717) is 35.9 Å². The van der Waals surface area contributed by atoms with Crippen molar-refractivity contribution in [3.63, 3.8) is 0 Å². The van der Waals surface area contributed by atoms with Crippen LogP contribution >= 0.6 is 35.6 Å². The van der Waals surface area contributed by atoms with E-state index >= 15 is 0 Å². The highest BCUT2D eigenvalue weighted by Crippen LogP contribution is 2.18. The van der Waals surface area contributed by atoms with Crippen molar-refractivity contribution in [2.45, 2.75) is 25.8 Å². The monoisotopic (exact) mass is 491 g/mol. The molecule has 1 atom stereocenters. The minimum atomic E-state index is -2.98. The summed E-state index contributed by atoms with van der Waals surface area (Å²) in [6.45, 7) is 2.34. The zero-order valence-electron chi connectivity index (χ0n) is 14.0. The third-order valence-corrected chi connectivity index (χ3v) is 4.59. The second-order valence-electron chi connectivity index (χ2n) is 5.41. The molecule has 0 aliphatic carbocycles. The summed E-state index contributed by atoms with van der Waals surface area (Å²) < 4.78 is 36.0. The van der Waals surface area contributed by atoms with E-state index in [-0.39, 0.29) is 41.6 Å². The van der Waals surface area contributed by atoms with Gasteiger partial charge in [-0.05, 0) is 31.9 Å². The lowest BCUT2D eigenvalue weighted by Crippen LogP contribution is -2.43. The average Bonchev–Trinajstić information content (AvgIpc) is 2.46. The zero-order chi connectivity index (χ0) is 17.5. The first-order valence-electron chi connectivity index (χ1n) is 7.30. The molecule has 24 heavy (non-hydrogen) atoms. The topological polar surface area (TPSA) is 70.6 Å². The van der Waals surface area contributed by atoms with Crippen molar-refractivity contribution in [2.75, 3.05) is 25.6 Å². The van der Waals surface area contributed by atoms with Crippen LogP contribution in [0.5, 0.6) is 0 Å². The Morgan fingerprint density at radius 1 is 1.42 bits per heavy atom. The molecule has 0 amide bonds. The van der Waals surface area contributed by atoms with Crippen LogP contribution in [0.2, 0.25) is 5.02 Å². The molecule has 1 aromatic carbocycles. The predicted molar refractivity (Wildman–Crippen MR) is 109 cm³/mol. The van der Waals surface area contributed by atoms with Crippen LogP contribution in [-0.2, 0) is 16.3 Å². The van der Waals surface area contributed by atoms with Gasteiger partial charge in [0.15, 0.2) is 5.96 Å². The van der Waals surface area contributed by atoms with Crippen molar-refractivity contribution >= 4 is 51.4 Å². The number of nitrogens with zero attached hydrogens (tertiary/aromatic N) is 1. The maximum Gasteiger partial charge on any atom is 0.191 e. The number of rotatable bonds is 7. The van der Waals surface area contributed by atoms with Crippen molar-refractivity contribution < 1.29 is 12.8 Å². The van der Waals surface area contributed by atoms with Gasteiger partial charge in [-0.25, -0.2) is 12.8 Å². The fourth-order valence-electron chi connectivity index (χ4n) is 1.97. The zero-order valence-corrected chi connectivity index (χ0v) is 17.9. The van der Waals surface area contributed by atoms with Gasteiger partial charge >= 0.3 is 0 Å². The highest BCUT2D eigenvalue weighted by atomic mass is 127. The first-order chi connectivity index (χ1) is 10.7. The fourth-order valence-corrected chi connectivity index (χ4v) is 3.01.